The average Bonchev–Trinajstić information content (AvgIpc) is 3.23. The maximum Gasteiger partial charge on any atom is 0.255 e. The molecule has 1 heterocycles. The number of rotatable bonds is 10. The fourth-order valence-corrected chi connectivity index (χ4v) is 4.03. The SMILES string of the molecule is COc1ccccc1C(=O)NC(C)c1nc2ccccc2n1CCCCOc1ccc(C)cc1. The van der Waals surface area contributed by atoms with Gasteiger partial charge in [0.15, 0.2) is 0 Å². The van der Waals surface area contributed by atoms with Gasteiger partial charge in [0, 0.05) is 6.54 Å². The Morgan fingerprint density at radius 2 is 1.74 bits per heavy atom. The summed E-state index contributed by atoms with van der Waals surface area (Å²) in [6.45, 7) is 5.48. The number of carbonyl (C=O) groups is 1. The minimum absolute atomic E-state index is 0.185. The first-order chi connectivity index (χ1) is 16.6. The van der Waals surface area contributed by atoms with E-state index in [2.05, 4.69) is 35.0 Å². The molecular weight excluding hydrogens is 426 g/mol. The number of nitrogens with zero attached hydrogens (tertiary/aromatic N) is 2. The van der Waals surface area contributed by atoms with Gasteiger partial charge in [0.05, 0.1) is 36.4 Å². The first kappa shape index (κ1) is 23.4. The molecule has 1 atom stereocenters. The van der Waals surface area contributed by atoms with Crippen LogP contribution in [0.2, 0.25) is 0 Å². The van der Waals surface area contributed by atoms with Gasteiger partial charge in [-0.1, -0.05) is 42.0 Å². The Balaban J connectivity index is 1.44. The lowest BCUT2D eigenvalue weighted by Crippen LogP contribution is -2.29. The van der Waals surface area contributed by atoms with Gasteiger partial charge in [-0.05, 0) is 63.1 Å². The highest BCUT2D eigenvalue weighted by molar-refractivity contribution is 5.97. The number of fused-ring (bicyclic) bond motifs is 1. The third kappa shape index (κ3) is 5.39. The topological polar surface area (TPSA) is 65.4 Å². The van der Waals surface area contributed by atoms with Crippen LogP contribution in [0.25, 0.3) is 11.0 Å². The summed E-state index contributed by atoms with van der Waals surface area (Å²) in [4.78, 5) is 17.8. The zero-order valence-corrected chi connectivity index (χ0v) is 20.0. The minimum Gasteiger partial charge on any atom is -0.496 e. The molecule has 176 valence electrons. The third-order valence-corrected chi connectivity index (χ3v) is 5.84. The average molecular weight is 458 g/mol. The standard InChI is InChI=1S/C28H31N3O3/c1-20-14-16-22(17-15-20)34-19-9-8-18-31-25-12-6-5-11-24(25)30-27(31)21(2)29-28(32)23-10-4-7-13-26(23)33-3/h4-7,10-17,21H,8-9,18-19H2,1-3H3,(H,29,32). The first-order valence-corrected chi connectivity index (χ1v) is 11.7. The van der Waals surface area contributed by atoms with Crippen LogP contribution in [0.4, 0.5) is 0 Å². The highest BCUT2D eigenvalue weighted by Gasteiger charge is 2.20. The molecule has 1 N–H and O–H groups in total. The predicted molar refractivity (Wildman–Crippen MR) is 135 cm³/mol. The number of carbonyl (C=O) groups excluding carboxylic acids is 1. The number of ether oxygens (including phenoxy) is 2. The van der Waals surface area contributed by atoms with Crippen LogP contribution in [0.15, 0.2) is 72.8 Å². The van der Waals surface area contributed by atoms with Crippen LogP contribution in [-0.4, -0.2) is 29.2 Å². The zero-order chi connectivity index (χ0) is 23.9. The van der Waals surface area contributed by atoms with Gasteiger partial charge in [-0.15, -0.1) is 0 Å². The van der Waals surface area contributed by atoms with E-state index in [0.29, 0.717) is 17.9 Å². The molecule has 4 rings (SSSR count). The second kappa shape index (κ2) is 10.9. The number of para-hydroxylation sites is 3. The normalized spacial score (nSPS) is 11.9. The van der Waals surface area contributed by atoms with Gasteiger partial charge in [0.2, 0.25) is 0 Å². The quantitative estimate of drug-likeness (QED) is 0.310. The predicted octanol–water partition coefficient (Wildman–Crippen LogP) is 5.70. The number of methoxy groups -OCH3 is 1. The van der Waals surface area contributed by atoms with E-state index in [0.717, 1.165) is 42.0 Å². The number of aryl methyl sites for hydroxylation is 2. The van der Waals surface area contributed by atoms with Crippen molar-refractivity contribution in [1.29, 1.82) is 0 Å². The Morgan fingerprint density at radius 1 is 1.00 bits per heavy atom. The number of hydrogen-bond donors (Lipinski definition) is 1. The monoisotopic (exact) mass is 457 g/mol. The minimum atomic E-state index is -0.270. The maximum atomic E-state index is 12.9. The molecule has 34 heavy (non-hydrogen) atoms. The lowest BCUT2D eigenvalue weighted by Gasteiger charge is -2.17. The second-order valence-electron chi connectivity index (χ2n) is 8.37. The Hall–Kier alpha value is -3.80. The highest BCUT2D eigenvalue weighted by Crippen LogP contribution is 2.23. The molecule has 1 aromatic heterocycles. The fraction of sp³-hybridized carbons (Fsp3) is 0.286. The van der Waals surface area contributed by atoms with Crippen molar-refractivity contribution in [3.63, 3.8) is 0 Å². The van der Waals surface area contributed by atoms with E-state index >= 15 is 0 Å². The van der Waals surface area contributed by atoms with Gasteiger partial charge < -0.3 is 19.4 Å². The maximum absolute atomic E-state index is 12.9. The van der Waals surface area contributed by atoms with Crippen LogP contribution in [0.3, 0.4) is 0 Å². The number of aromatic nitrogens is 2. The molecule has 0 bridgehead atoms. The van der Waals surface area contributed by atoms with Crippen molar-refractivity contribution in [2.45, 2.75) is 39.3 Å². The Morgan fingerprint density at radius 3 is 2.53 bits per heavy atom. The fourth-order valence-electron chi connectivity index (χ4n) is 4.03. The van der Waals surface area contributed by atoms with Gasteiger partial charge in [-0.2, -0.15) is 0 Å². The van der Waals surface area contributed by atoms with Crippen LogP contribution < -0.4 is 14.8 Å². The lowest BCUT2D eigenvalue weighted by molar-refractivity contribution is 0.0934. The molecule has 1 amide bonds. The largest absolute Gasteiger partial charge is 0.496 e. The van der Waals surface area contributed by atoms with E-state index in [1.807, 2.05) is 49.4 Å². The molecule has 0 fully saturated rings. The van der Waals surface area contributed by atoms with Crippen LogP contribution in [0.5, 0.6) is 11.5 Å². The summed E-state index contributed by atoms with van der Waals surface area (Å²) in [5.41, 5.74) is 3.72. The summed E-state index contributed by atoms with van der Waals surface area (Å²) >= 11 is 0. The van der Waals surface area contributed by atoms with E-state index < -0.39 is 0 Å². The van der Waals surface area contributed by atoms with Gasteiger partial charge in [-0.25, -0.2) is 4.98 Å². The molecule has 0 saturated carbocycles. The number of nitrogens with one attached hydrogen (secondary N) is 1. The van der Waals surface area contributed by atoms with Crippen molar-refractivity contribution in [1.82, 2.24) is 14.9 Å². The van der Waals surface area contributed by atoms with Crippen LogP contribution in [0, 0.1) is 6.92 Å². The summed E-state index contributed by atoms with van der Waals surface area (Å²) in [5.74, 6) is 2.10. The van der Waals surface area contributed by atoms with Crippen LogP contribution >= 0.6 is 0 Å². The second-order valence-corrected chi connectivity index (χ2v) is 8.37. The zero-order valence-electron chi connectivity index (χ0n) is 20.0. The molecule has 6 heteroatoms. The van der Waals surface area contributed by atoms with Crippen molar-refractivity contribution in [3.8, 4) is 11.5 Å². The van der Waals surface area contributed by atoms with Gasteiger partial charge >= 0.3 is 0 Å². The number of unbranched alkanes of at least 4 members (excludes halogenated alkanes) is 1. The molecule has 4 aromatic rings. The molecule has 1 unspecified atom stereocenters. The summed E-state index contributed by atoms with van der Waals surface area (Å²) in [6, 6.07) is 23.1. The van der Waals surface area contributed by atoms with Crippen molar-refractivity contribution in [3.05, 3.63) is 89.7 Å². The summed E-state index contributed by atoms with van der Waals surface area (Å²) in [5, 5.41) is 3.09. The third-order valence-electron chi connectivity index (χ3n) is 5.84. The van der Waals surface area contributed by atoms with E-state index in [1.165, 1.54) is 5.56 Å². The Kier molecular flexibility index (Phi) is 7.48. The van der Waals surface area contributed by atoms with Crippen molar-refractivity contribution >= 4 is 16.9 Å². The summed E-state index contributed by atoms with van der Waals surface area (Å²) in [7, 11) is 1.57. The molecule has 0 saturated heterocycles. The molecule has 0 aliphatic carbocycles. The van der Waals surface area contributed by atoms with Crippen LogP contribution in [-0.2, 0) is 6.54 Å². The van der Waals surface area contributed by atoms with Gasteiger partial charge in [0.1, 0.15) is 17.3 Å². The van der Waals surface area contributed by atoms with Crippen molar-refractivity contribution < 1.29 is 14.3 Å². The summed E-state index contributed by atoms with van der Waals surface area (Å²) < 4.78 is 13.4. The van der Waals surface area contributed by atoms with E-state index in [4.69, 9.17) is 14.5 Å². The number of amides is 1. The lowest BCUT2D eigenvalue weighted by atomic mass is 10.1. The van der Waals surface area contributed by atoms with Crippen molar-refractivity contribution in [2.24, 2.45) is 0 Å². The Labute approximate surface area is 200 Å². The number of hydrogen-bond acceptors (Lipinski definition) is 4. The molecule has 3 aromatic carbocycles. The first-order valence-electron chi connectivity index (χ1n) is 11.7. The molecular formula is C28H31N3O3. The molecule has 0 aliphatic heterocycles. The Bertz CT molecular complexity index is 1250. The molecule has 0 spiro atoms. The number of benzene rings is 3. The molecule has 6 nitrogen and oxygen atoms in total. The van der Waals surface area contributed by atoms with E-state index in [1.54, 1.807) is 19.2 Å². The van der Waals surface area contributed by atoms with Crippen LogP contribution in [0.1, 0.15) is 47.6 Å². The van der Waals surface area contributed by atoms with E-state index in [9.17, 15) is 4.79 Å². The summed E-state index contributed by atoms with van der Waals surface area (Å²) in [6.07, 6.45) is 1.86. The van der Waals surface area contributed by atoms with Gasteiger partial charge in [0.25, 0.3) is 5.91 Å². The van der Waals surface area contributed by atoms with Gasteiger partial charge in [-0.3, -0.25) is 4.79 Å². The smallest absolute Gasteiger partial charge is 0.255 e. The van der Waals surface area contributed by atoms with Crippen molar-refractivity contribution in [2.75, 3.05) is 13.7 Å². The highest BCUT2D eigenvalue weighted by atomic mass is 16.5. The van der Waals surface area contributed by atoms with E-state index in [-0.39, 0.29) is 11.9 Å². The number of imidazole rings is 1. The molecule has 0 aliphatic rings. The molecule has 0 radical (unpaired) electrons.